The topological polar surface area (TPSA) is 72.5 Å². The average molecular weight is 474 g/mol. The zero-order valence-corrected chi connectivity index (χ0v) is 20.8. The minimum Gasteiger partial charge on any atom is -0.437 e. The Morgan fingerprint density at radius 1 is 0.839 bits per heavy atom. The fourth-order valence-corrected chi connectivity index (χ4v) is 4.43. The van der Waals surface area contributed by atoms with Crippen LogP contribution in [0.1, 0.15) is 109 Å². The van der Waals surface area contributed by atoms with Crippen LogP contribution in [0.4, 0.5) is 4.79 Å². The van der Waals surface area contributed by atoms with Crippen molar-refractivity contribution in [2.24, 2.45) is 0 Å². The number of benzene rings is 1. The van der Waals surface area contributed by atoms with Crippen molar-refractivity contribution in [2.75, 3.05) is 0 Å². The third-order valence-corrected chi connectivity index (χ3v) is 6.30. The van der Waals surface area contributed by atoms with Crippen molar-refractivity contribution in [1.82, 2.24) is 4.72 Å². The molecule has 0 saturated carbocycles. The molecule has 0 saturated heterocycles. The van der Waals surface area contributed by atoms with Gasteiger partial charge >= 0.3 is 15.3 Å². The van der Waals surface area contributed by atoms with Crippen LogP contribution in [0.3, 0.4) is 0 Å². The third-order valence-electron chi connectivity index (χ3n) is 5.66. The summed E-state index contributed by atoms with van der Waals surface area (Å²) in [6, 6.07) is 9.68. The minimum atomic E-state index is -4.20. The lowest BCUT2D eigenvalue weighted by Crippen LogP contribution is -2.38. The summed E-state index contributed by atoms with van der Waals surface area (Å²) in [7, 11) is 1.01. The Labute approximate surface area is 193 Å². The molecule has 178 valence electrons. The lowest BCUT2D eigenvalue weighted by atomic mass is 9.83. The number of unbranched alkanes of at least 4 members (excludes halogenated alkanes) is 10. The Bertz CT molecular complexity index is 694. The van der Waals surface area contributed by atoms with Crippen LogP contribution in [0.5, 0.6) is 0 Å². The van der Waals surface area contributed by atoms with Crippen LogP contribution in [-0.4, -0.2) is 14.5 Å². The molecule has 0 fully saturated rings. The maximum atomic E-state index is 12.4. The highest BCUT2D eigenvalue weighted by Crippen LogP contribution is 2.37. The molecule has 7 heteroatoms. The molecule has 1 rings (SSSR count). The Balaban J connectivity index is 2.94. The first-order valence-corrected chi connectivity index (χ1v) is 14.1. The van der Waals surface area contributed by atoms with E-state index in [1.807, 2.05) is 30.3 Å². The van der Waals surface area contributed by atoms with Crippen molar-refractivity contribution < 1.29 is 17.9 Å². The van der Waals surface area contributed by atoms with E-state index in [-0.39, 0.29) is 0 Å². The number of rotatable bonds is 17. The van der Waals surface area contributed by atoms with Crippen molar-refractivity contribution >= 4 is 26.0 Å². The molecular formula is C24H40ClNO4S. The Hall–Kier alpha value is -1.27. The summed E-state index contributed by atoms with van der Waals surface area (Å²) in [5.41, 5.74) is 0.0434. The number of amides is 1. The van der Waals surface area contributed by atoms with Gasteiger partial charge in [0.05, 0.1) is 0 Å². The molecule has 0 aliphatic rings. The predicted molar refractivity (Wildman–Crippen MR) is 128 cm³/mol. The highest BCUT2D eigenvalue weighted by molar-refractivity contribution is 8.12. The van der Waals surface area contributed by atoms with Crippen molar-refractivity contribution in [3.05, 3.63) is 35.9 Å². The van der Waals surface area contributed by atoms with E-state index in [1.54, 1.807) is 4.72 Å². The van der Waals surface area contributed by atoms with Crippen LogP contribution in [0.15, 0.2) is 30.3 Å². The first-order valence-electron chi connectivity index (χ1n) is 11.8. The van der Waals surface area contributed by atoms with Gasteiger partial charge in [0.15, 0.2) is 0 Å². The largest absolute Gasteiger partial charge is 0.437 e. The molecule has 0 aliphatic heterocycles. The van der Waals surface area contributed by atoms with Gasteiger partial charge in [-0.2, -0.15) is 8.42 Å². The number of carbonyl (C=O) groups excluding carboxylic acids is 1. The number of carbonyl (C=O) groups is 1. The molecule has 0 heterocycles. The maximum Gasteiger partial charge on any atom is 0.422 e. The summed E-state index contributed by atoms with van der Waals surface area (Å²) < 4.78 is 30.3. The molecule has 0 aromatic heterocycles. The smallest absolute Gasteiger partial charge is 0.422 e. The standard InChI is InChI=1S/C24H40ClNO4S/c1-3-5-7-9-11-16-20-24(22-18-14-13-15-19-22,21-17-12-10-8-6-4-2)30-23(27)26-31(25,28)29/h13-15,18-19H,3-12,16-17,20-21H2,1-2H3,(H,26,27). The second kappa shape index (κ2) is 15.5. The highest BCUT2D eigenvalue weighted by atomic mass is 35.7. The monoisotopic (exact) mass is 473 g/mol. The van der Waals surface area contributed by atoms with E-state index < -0.39 is 20.9 Å². The lowest BCUT2D eigenvalue weighted by Gasteiger charge is -2.34. The number of ether oxygens (including phenoxy) is 1. The van der Waals surface area contributed by atoms with Crippen molar-refractivity contribution in [2.45, 2.75) is 109 Å². The average Bonchev–Trinajstić information content (AvgIpc) is 2.72. The van der Waals surface area contributed by atoms with E-state index in [0.29, 0.717) is 12.8 Å². The van der Waals surface area contributed by atoms with Crippen LogP contribution in [0.25, 0.3) is 0 Å². The summed E-state index contributed by atoms with van der Waals surface area (Å²) in [4.78, 5) is 12.4. The fraction of sp³-hybridized carbons (Fsp3) is 0.708. The zero-order chi connectivity index (χ0) is 23.0. The van der Waals surface area contributed by atoms with Gasteiger partial charge < -0.3 is 4.74 Å². The summed E-state index contributed by atoms with van der Waals surface area (Å²) in [5, 5.41) is 0. The van der Waals surface area contributed by atoms with E-state index >= 15 is 0 Å². The van der Waals surface area contributed by atoms with Crippen LogP contribution < -0.4 is 4.72 Å². The molecule has 0 radical (unpaired) electrons. The Morgan fingerprint density at radius 3 is 1.74 bits per heavy atom. The summed E-state index contributed by atoms with van der Waals surface area (Å²) in [6.07, 6.45) is 13.8. The van der Waals surface area contributed by atoms with Crippen molar-refractivity contribution in [1.29, 1.82) is 0 Å². The van der Waals surface area contributed by atoms with Crippen LogP contribution in [0.2, 0.25) is 0 Å². The zero-order valence-electron chi connectivity index (χ0n) is 19.2. The molecular weight excluding hydrogens is 434 g/mol. The molecule has 0 aliphatic carbocycles. The maximum absolute atomic E-state index is 12.4. The van der Waals surface area contributed by atoms with Gasteiger partial charge in [0.1, 0.15) is 5.60 Å². The summed E-state index contributed by atoms with van der Waals surface area (Å²) >= 11 is 0. The molecule has 1 amide bonds. The number of nitrogens with one attached hydrogen (secondary N) is 1. The fourth-order valence-electron chi connectivity index (χ4n) is 4.00. The molecule has 0 spiro atoms. The molecule has 1 aromatic carbocycles. The van der Waals surface area contributed by atoms with Crippen molar-refractivity contribution in [3.8, 4) is 0 Å². The van der Waals surface area contributed by atoms with Gasteiger partial charge in [0, 0.05) is 10.7 Å². The number of halogens is 1. The van der Waals surface area contributed by atoms with Crippen LogP contribution >= 0.6 is 10.7 Å². The SMILES string of the molecule is CCCCCCCCC(CCCCCCCC)(OC(=O)NS(=O)(=O)Cl)c1ccccc1. The second-order valence-electron chi connectivity index (χ2n) is 8.33. The van der Waals surface area contributed by atoms with Gasteiger partial charge in [-0.1, -0.05) is 108 Å². The normalized spacial score (nSPS) is 12.0. The summed E-state index contributed by atoms with van der Waals surface area (Å²) in [5.74, 6) is 0. The number of hydrogen-bond donors (Lipinski definition) is 1. The minimum absolute atomic E-state index is 0.661. The third kappa shape index (κ3) is 12.4. The molecule has 0 unspecified atom stereocenters. The Kier molecular flexibility index (Phi) is 13.9. The van der Waals surface area contributed by atoms with E-state index in [1.165, 1.54) is 38.5 Å². The van der Waals surface area contributed by atoms with E-state index in [9.17, 15) is 13.2 Å². The van der Waals surface area contributed by atoms with E-state index in [2.05, 4.69) is 13.8 Å². The predicted octanol–water partition coefficient (Wildman–Crippen LogP) is 7.59. The summed E-state index contributed by atoms with van der Waals surface area (Å²) in [6.45, 7) is 4.39. The van der Waals surface area contributed by atoms with Crippen LogP contribution in [0, 0.1) is 0 Å². The second-order valence-corrected chi connectivity index (χ2v) is 10.6. The van der Waals surface area contributed by atoms with Crippen molar-refractivity contribution in [3.63, 3.8) is 0 Å². The highest BCUT2D eigenvalue weighted by Gasteiger charge is 2.36. The molecule has 1 N–H and O–H groups in total. The van der Waals surface area contributed by atoms with Gasteiger partial charge in [0.25, 0.3) is 0 Å². The molecule has 31 heavy (non-hydrogen) atoms. The van der Waals surface area contributed by atoms with Crippen LogP contribution in [-0.2, 0) is 19.6 Å². The van der Waals surface area contributed by atoms with E-state index in [4.69, 9.17) is 15.4 Å². The van der Waals surface area contributed by atoms with Gasteiger partial charge in [0.2, 0.25) is 0 Å². The van der Waals surface area contributed by atoms with Gasteiger partial charge in [-0.15, -0.1) is 0 Å². The van der Waals surface area contributed by atoms with Gasteiger partial charge in [-0.25, -0.2) is 9.52 Å². The first kappa shape index (κ1) is 27.8. The molecule has 0 atom stereocenters. The van der Waals surface area contributed by atoms with Gasteiger partial charge in [-0.3, -0.25) is 0 Å². The number of hydrogen-bond acceptors (Lipinski definition) is 4. The molecule has 1 aromatic rings. The Morgan fingerprint density at radius 2 is 1.29 bits per heavy atom. The first-order chi connectivity index (χ1) is 14.8. The molecule has 5 nitrogen and oxygen atoms in total. The molecule has 0 bridgehead atoms. The van der Waals surface area contributed by atoms with E-state index in [0.717, 1.165) is 44.1 Å². The lowest BCUT2D eigenvalue weighted by molar-refractivity contribution is -0.00751. The quantitative estimate of drug-likeness (QED) is 0.187. The van der Waals surface area contributed by atoms with Gasteiger partial charge in [-0.05, 0) is 31.2 Å².